The van der Waals surface area contributed by atoms with E-state index in [1.165, 1.54) is 11.1 Å². The van der Waals surface area contributed by atoms with Crippen molar-refractivity contribution in [3.63, 3.8) is 0 Å². The van der Waals surface area contributed by atoms with E-state index in [0.29, 0.717) is 52.2 Å². The summed E-state index contributed by atoms with van der Waals surface area (Å²) in [6.45, 7) is 8.29. The number of ether oxygens (including phenoxy) is 4. The Balaban J connectivity index is 1.08. The zero-order valence-corrected chi connectivity index (χ0v) is 35.1. The van der Waals surface area contributed by atoms with Crippen LogP contribution in [0.25, 0.3) is 50.0 Å². The number of rotatable bonds is 11. The Labute approximate surface area is 364 Å². The van der Waals surface area contributed by atoms with E-state index in [9.17, 15) is 0 Å². The highest BCUT2D eigenvalue weighted by atomic mass is 16.5. The van der Waals surface area contributed by atoms with Gasteiger partial charge in [-0.05, 0) is 105 Å². The average molecular weight is 824 g/mol. The van der Waals surface area contributed by atoms with Crippen LogP contribution in [-0.2, 0) is 0 Å². The first-order valence-corrected chi connectivity index (χ1v) is 20.7. The second-order valence-electron chi connectivity index (χ2n) is 15.4. The van der Waals surface area contributed by atoms with Gasteiger partial charge < -0.3 is 18.9 Å². The molecule has 0 fully saturated rings. The number of hydrogen-bond acceptors (Lipinski definition) is 8. The molecule has 0 saturated heterocycles. The monoisotopic (exact) mass is 823 g/mol. The summed E-state index contributed by atoms with van der Waals surface area (Å²) in [4.78, 5) is 18.2. The van der Waals surface area contributed by atoms with Crippen LogP contribution in [0.3, 0.4) is 0 Å². The first-order chi connectivity index (χ1) is 30.8. The molecule has 0 saturated carbocycles. The summed E-state index contributed by atoms with van der Waals surface area (Å²) in [6, 6.07) is 50.0. The Kier molecular flexibility index (Phi) is 10.3. The quantitative estimate of drug-likeness (QED) is 0.127. The third kappa shape index (κ3) is 8.03. The van der Waals surface area contributed by atoms with Crippen LogP contribution in [0, 0.1) is 27.7 Å². The van der Waals surface area contributed by atoms with Gasteiger partial charge in [0.15, 0.2) is 0 Å². The van der Waals surface area contributed by atoms with Gasteiger partial charge in [0.05, 0.1) is 11.0 Å². The lowest BCUT2D eigenvalue weighted by Crippen LogP contribution is -2.00. The van der Waals surface area contributed by atoms with Gasteiger partial charge in [-0.15, -0.1) is 0 Å². The summed E-state index contributed by atoms with van der Waals surface area (Å²) < 4.78 is 28.3. The lowest BCUT2D eigenvalue weighted by atomic mass is 9.98. The number of benzene rings is 6. The number of aryl methyl sites for hydroxylation is 4. The van der Waals surface area contributed by atoms with Crippen molar-refractivity contribution in [3.8, 4) is 74.5 Å². The van der Waals surface area contributed by atoms with Crippen LogP contribution in [0.5, 0.6) is 46.3 Å². The molecule has 0 spiro atoms. The molecular formula is C54H41N5O4. The first-order valence-electron chi connectivity index (χ1n) is 20.7. The van der Waals surface area contributed by atoms with Crippen LogP contribution in [0.2, 0.25) is 0 Å². The van der Waals surface area contributed by atoms with Crippen LogP contribution < -0.4 is 18.9 Å². The molecule has 0 aliphatic rings. The first kappa shape index (κ1) is 38.9. The number of pyridine rings is 2. The Hall–Kier alpha value is -8.30. The van der Waals surface area contributed by atoms with Crippen LogP contribution in [-0.4, -0.2) is 24.5 Å². The van der Waals surface area contributed by atoms with E-state index in [0.717, 1.165) is 55.2 Å². The van der Waals surface area contributed by atoms with Crippen molar-refractivity contribution in [3.05, 3.63) is 199 Å². The minimum atomic E-state index is 0.495. The second-order valence-corrected chi connectivity index (χ2v) is 15.4. The number of fused-ring (bicyclic) bond motifs is 3. The molecule has 10 aromatic rings. The second kappa shape index (κ2) is 16.6. The SMILES string of the molecule is Cc1ccc(-c2c(C)cc(Oc3ccccn3)cc2Oc2ccc3c4ccc(Oc5cc(Oc6ccccn6)cc(C)c5-c5ccc(C)cc5)cc4n(-c4ncccn4)c3c2)cc1. The van der Waals surface area contributed by atoms with Crippen molar-refractivity contribution in [1.29, 1.82) is 0 Å². The van der Waals surface area contributed by atoms with E-state index in [1.54, 1.807) is 24.8 Å². The third-order valence-electron chi connectivity index (χ3n) is 10.9. The molecule has 0 unspecified atom stereocenters. The maximum absolute atomic E-state index is 6.88. The van der Waals surface area contributed by atoms with Crippen molar-refractivity contribution >= 4 is 21.8 Å². The Morgan fingerprint density at radius 2 is 0.825 bits per heavy atom. The number of hydrogen-bond donors (Lipinski definition) is 0. The molecule has 6 aromatic carbocycles. The molecule has 0 atom stereocenters. The topological polar surface area (TPSA) is 93.4 Å². The van der Waals surface area contributed by atoms with E-state index in [1.807, 2.05) is 95.6 Å². The largest absolute Gasteiger partial charge is 0.456 e. The molecule has 9 nitrogen and oxygen atoms in total. The summed E-state index contributed by atoms with van der Waals surface area (Å²) >= 11 is 0. The minimum Gasteiger partial charge on any atom is -0.456 e. The zero-order chi connectivity index (χ0) is 42.9. The highest BCUT2D eigenvalue weighted by Gasteiger charge is 2.20. The van der Waals surface area contributed by atoms with Gasteiger partial charge in [0.2, 0.25) is 17.7 Å². The van der Waals surface area contributed by atoms with Gasteiger partial charge in [-0.1, -0.05) is 71.8 Å². The molecule has 10 rings (SSSR count). The molecule has 4 aromatic heterocycles. The molecule has 4 heterocycles. The molecule has 63 heavy (non-hydrogen) atoms. The lowest BCUT2D eigenvalue weighted by molar-refractivity contribution is 0.449. The van der Waals surface area contributed by atoms with Crippen molar-refractivity contribution < 1.29 is 18.9 Å². The number of nitrogens with zero attached hydrogens (tertiary/aromatic N) is 5. The van der Waals surface area contributed by atoms with Gasteiger partial charge in [0, 0.05) is 83.1 Å². The summed E-state index contributed by atoms with van der Waals surface area (Å²) in [7, 11) is 0. The van der Waals surface area contributed by atoms with Crippen LogP contribution in [0.15, 0.2) is 176 Å². The number of aromatic nitrogens is 5. The molecule has 0 N–H and O–H groups in total. The summed E-state index contributed by atoms with van der Waals surface area (Å²) in [5, 5.41) is 2.00. The van der Waals surface area contributed by atoms with Gasteiger partial charge >= 0.3 is 0 Å². The predicted octanol–water partition coefficient (Wildman–Crippen LogP) is 14.1. The van der Waals surface area contributed by atoms with Crippen LogP contribution in [0.4, 0.5) is 0 Å². The van der Waals surface area contributed by atoms with Gasteiger partial charge in [-0.2, -0.15) is 0 Å². The Bertz CT molecular complexity index is 3050. The van der Waals surface area contributed by atoms with E-state index >= 15 is 0 Å². The highest BCUT2D eigenvalue weighted by Crippen LogP contribution is 2.44. The molecule has 306 valence electrons. The summed E-state index contributed by atoms with van der Waals surface area (Å²) in [5.41, 5.74) is 10.1. The van der Waals surface area contributed by atoms with Crippen molar-refractivity contribution in [1.82, 2.24) is 24.5 Å². The van der Waals surface area contributed by atoms with E-state index in [-0.39, 0.29) is 0 Å². The maximum atomic E-state index is 6.88. The highest BCUT2D eigenvalue weighted by molar-refractivity contribution is 6.09. The molecule has 0 aliphatic heterocycles. The average Bonchev–Trinajstić information content (AvgIpc) is 3.61. The smallest absolute Gasteiger partial charge is 0.234 e. The summed E-state index contributed by atoms with van der Waals surface area (Å²) in [5.74, 6) is 5.29. The predicted molar refractivity (Wildman–Crippen MR) is 248 cm³/mol. The molecule has 9 heteroatoms. The van der Waals surface area contributed by atoms with Crippen LogP contribution in [0.1, 0.15) is 22.3 Å². The fourth-order valence-electron chi connectivity index (χ4n) is 7.94. The molecular weight excluding hydrogens is 783 g/mol. The fraction of sp³-hybridized carbons (Fsp3) is 0.0741. The van der Waals surface area contributed by atoms with Crippen LogP contribution >= 0.6 is 0 Å². The standard InChI is InChI=1S/C54H41N5O4/c1-34-12-16-38(17-13-34)52-36(3)28-42(62-50-10-5-7-24-55-50)32-48(52)60-40-20-22-44-45-23-21-41(31-47(45)59(46(44)30-40)54-57-26-9-27-58-54)61-49-33-43(63-51-11-6-8-25-56-51)29-37(4)53(49)39-18-14-35(2)15-19-39/h5-33H,1-4H3. The van der Waals surface area contributed by atoms with E-state index in [2.05, 4.69) is 98.3 Å². The molecule has 0 bridgehead atoms. The third-order valence-corrected chi connectivity index (χ3v) is 10.9. The Morgan fingerprint density at radius 1 is 0.381 bits per heavy atom. The normalized spacial score (nSPS) is 11.2. The van der Waals surface area contributed by atoms with Gasteiger partial charge in [-0.3, -0.25) is 4.57 Å². The minimum absolute atomic E-state index is 0.495. The molecule has 0 aliphatic carbocycles. The molecule has 0 amide bonds. The van der Waals surface area contributed by atoms with Crippen molar-refractivity contribution in [2.24, 2.45) is 0 Å². The van der Waals surface area contributed by atoms with Crippen molar-refractivity contribution in [2.45, 2.75) is 27.7 Å². The van der Waals surface area contributed by atoms with Crippen molar-refractivity contribution in [2.75, 3.05) is 0 Å². The zero-order valence-electron chi connectivity index (χ0n) is 35.1. The van der Waals surface area contributed by atoms with E-state index < -0.39 is 0 Å². The van der Waals surface area contributed by atoms with Gasteiger partial charge in [0.25, 0.3) is 0 Å². The molecule has 0 radical (unpaired) electrons. The van der Waals surface area contributed by atoms with Gasteiger partial charge in [0.1, 0.15) is 34.5 Å². The summed E-state index contributed by atoms with van der Waals surface area (Å²) in [6.07, 6.45) is 6.91. The van der Waals surface area contributed by atoms with E-state index in [4.69, 9.17) is 28.9 Å². The van der Waals surface area contributed by atoms with Gasteiger partial charge in [-0.25, -0.2) is 19.9 Å². The Morgan fingerprint density at radius 3 is 1.25 bits per heavy atom. The maximum Gasteiger partial charge on any atom is 0.234 e. The lowest BCUT2D eigenvalue weighted by Gasteiger charge is -2.17. The fourth-order valence-corrected chi connectivity index (χ4v) is 7.94.